The van der Waals surface area contributed by atoms with Gasteiger partial charge in [0.15, 0.2) is 5.11 Å². The van der Waals surface area contributed by atoms with Crippen molar-refractivity contribution in [2.45, 2.75) is 58.9 Å². The van der Waals surface area contributed by atoms with Gasteiger partial charge in [0.05, 0.1) is 12.2 Å². The Bertz CT molecular complexity index is 636. The molecule has 1 atom stereocenters. The van der Waals surface area contributed by atoms with Gasteiger partial charge in [-0.1, -0.05) is 19.4 Å². The van der Waals surface area contributed by atoms with Crippen molar-refractivity contribution in [2.75, 3.05) is 31.6 Å². The molecule has 2 rings (SSSR count). The van der Waals surface area contributed by atoms with E-state index in [-0.39, 0.29) is 5.97 Å². The van der Waals surface area contributed by atoms with E-state index in [1.807, 2.05) is 13.0 Å². The Kier molecular flexibility index (Phi) is 9.01. The smallest absolute Gasteiger partial charge is 0.338 e. The minimum Gasteiger partial charge on any atom is -0.462 e. The number of nitrogens with zero attached hydrogens (tertiary/aromatic N) is 1. The summed E-state index contributed by atoms with van der Waals surface area (Å²) in [5, 5.41) is 7.07. The Morgan fingerprint density at radius 3 is 2.89 bits per heavy atom. The summed E-state index contributed by atoms with van der Waals surface area (Å²) in [5.74, 6) is -0.313. The number of hydrogen-bond acceptors (Lipinski definition) is 4. The fourth-order valence-electron chi connectivity index (χ4n) is 3.57. The van der Waals surface area contributed by atoms with Crippen LogP contribution in [0.25, 0.3) is 0 Å². The first-order chi connectivity index (χ1) is 13.0. The molecular weight excluding hydrogens is 358 g/mol. The molecule has 0 aliphatic carbocycles. The standard InChI is InChI=1S/C21H33N3O2S/c1-4-18-9-6-7-13-24(18)14-8-12-22-21(27)23-19-15-17(11-10-16(19)3)20(25)26-5-2/h10-11,15,18H,4-9,12-14H2,1-3H3,(H2,22,23,27)/t18-/m1/s1. The lowest BCUT2D eigenvalue weighted by molar-refractivity contribution is 0.0526. The van der Waals surface area contributed by atoms with E-state index in [0.29, 0.717) is 17.3 Å². The first-order valence-electron chi connectivity index (χ1n) is 10.1. The fraction of sp³-hybridized carbons (Fsp3) is 0.619. The molecule has 6 heteroatoms. The lowest BCUT2D eigenvalue weighted by Crippen LogP contribution is -2.41. The summed E-state index contributed by atoms with van der Waals surface area (Å²) < 4.78 is 5.06. The quantitative estimate of drug-likeness (QED) is 0.395. The lowest BCUT2D eigenvalue weighted by Gasteiger charge is -2.35. The summed E-state index contributed by atoms with van der Waals surface area (Å²) in [5.41, 5.74) is 2.40. The molecule has 0 unspecified atom stereocenters. The third-order valence-electron chi connectivity index (χ3n) is 5.12. The maximum absolute atomic E-state index is 11.9. The molecule has 1 saturated heterocycles. The number of esters is 1. The average molecular weight is 392 g/mol. The van der Waals surface area contributed by atoms with Crippen molar-refractivity contribution in [2.24, 2.45) is 0 Å². The van der Waals surface area contributed by atoms with Gasteiger partial charge in [-0.2, -0.15) is 0 Å². The SMILES string of the molecule is CCOC(=O)c1ccc(C)c(NC(=S)NCCCN2CCCC[C@H]2CC)c1. The average Bonchev–Trinajstić information content (AvgIpc) is 2.67. The molecule has 150 valence electrons. The number of hydrogen-bond donors (Lipinski definition) is 2. The van der Waals surface area contributed by atoms with Gasteiger partial charge in [-0.05, 0) is 76.0 Å². The second-order valence-electron chi connectivity index (χ2n) is 7.08. The second kappa shape index (κ2) is 11.2. The van der Waals surface area contributed by atoms with E-state index in [0.717, 1.165) is 36.8 Å². The van der Waals surface area contributed by atoms with Crippen LogP contribution in [0.5, 0.6) is 0 Å². The van der Waals surface area contributed by atoms with Gasteiger partial charge in [0.25, 0.3) is 0 Å². The molecule has 1 fully saturated rings. The Balaban J connectivity index is 1.78. The van der Waals surface area contributed by atoms with Gasteiger partial charge in [0.1, 0.15) is 0 Å². The number of anilines is 1. The number of thiocarbonyl (C=S) groups is 1. The van der Waals surface area contributed by atoms with Crippen LogP contribution in [0.2, 0.25) is 0 Å². The van der Waals surface area contributed by atoms with Gasteiger partial charge >= 0.3 is 5.97 Å². The van der Waals surface area contributed by atoms with Crippen molar-refractivity contribution in [3.63, 3.8) is 0 Å². The van der Waals surface area contributed by atoms with Crippen LogP contribution in [0.4, 0.5) is 5.69 Å². The van der Waals surface area contributed by atoms with Gasteiger partial charge in [0.2, 0.25) is 0 Å². The lowest BCUT2D eigenvalue weighted by atomic mass is 10.00. The van der Waals surface area contributed by atoms with Crippen LogP contribution in [0.1, 0.15) is 61.9 Å². The molecular formula is C21H33N3O2S. The molecule has 0 saturated carbocycles. The number of aryl methyl sites for hydroxylation is 1. The zero-order chi connectivity index (χ0) is 19.6. The highest BCUT2D eigenvalue weighted by Crippen LogP contribution is 2.19. The van der Waals surface area contributed by atoms with Crippen LogP contribution in [0.15, 0.2) is 18.2 Å². The molecule has 1 aliphatic heterocycles. The summed E-state index contributed by atoms with van der Waals surface area (Å²) in [7, 11) is 0. The highest BCUT2D eigenvalue weighted by atomic mass is 32.1. The number of carbonyl (C=O) groups excluding carboxylic acids is 1. The molecule has 5 nitrogen and oxygen atoms in total. The van der Waals surface area contributed by atoms with Crippen LogP contribution in [-0.4, -0.2) is 48.3 Å². The maximum Gasteiger partial charge on any atom is 0.338 e. The molecule has 2 N–H and O–H groups in total. The fourth-order valence-corrected chi connectivity index (χ4v) is 3.78. The molecule has 0 bridgehead atoms. The van der Waals surface area contributed by atoms with Crippen molar-refractivity contribution in [1.82, 2.24) is 10.2 Å². The van der Waals surface area contributed by atoms with Gasteiger partial charge in [-0.15, -0.1) is 0 Å². The minimum absolute atomic E-state index is 0.313. The van der Waals surface area contributed by atoms with Crippen molar-refractivity contribution in [3.8, 4) is 0 Å². The number of rotatable bonds is 8. The minimum atomic E-state index is -0.313. The highest BCUT2D eigenvalue weighted by molar-refractivity contribution is 7.80. The van der Waals surface area contributed by atoms with E-state index >= 15 is 0 Å². The van der Waals surface area contributed by atoms with E-state index in [1.54, 1.807) is 19.1 Å². The topological polar surface area (TPSA) is 53.6 Å². The zero-order valence-corrected chi connectivity index (χ0v) is 17.7. The number of benzene rings is 1. The Hall–Kier alpha value is -1.66. The number of piperidine rings is 1. The molecule has 27 heavy (non-hydrogen) atoms. The second-order valence-corrected chi connectivity index (χ2v) is 7.49. The molecule has 0 spiro atoms. The van der Waals surface area contributed by atoms with E-state index in [2.05, 4.69) is 22.5 Å². The van der Waals surface area contributed by atoms with Gasteiger partial charge in [-0.25, -0.2) is 4.79 Å². The van der Waals surface area contributed by atoms with Crippen LogP contribution in [0.3, 0.4) is 0 Å². The van der Waals surface area contributed by atoms with Gasteiger partial charge in [0, 0.05) is 24.8 Å². The van der Waals surface area contributed by atoms with Crippen molar-refractivity contribution < 1.29 is 9.53 Å². The summed E-state index contributed by atoms with van der Waals surface area (Å²) in [6.45, 7) is 9.62. The number of nitrogens with one attached hydrogen (secondary N) is 2. The Morgan fingerprint density at radius 1 is 1.33 bits per heavy atom. The number of ether oxygens (including phenoxy) is 1. The first kappa shape index (κ1) is 21.6. The molecule has 0 radical (unpaired) electrons. The van der Waals surface area contributed by atoms with Gasteiger partial charge < -0.3 is 20.3 Å². The summed E-state index contributed by atoms with van der Waals surface area (Å²) in [6.07, 6.45) is 6.33. The maximum atomic E-state index is 11.9. The number of carbonyl (C=O) groups is 1. The van der Waals surface area contributed by atoms with Crippen molar-refractivity contribution >= 4 is 29.0 Å². The number of likely N-dealkylation sites (tertiary alicyclic amines) is 1. The molecule has 0 aromatic heterocycles. The zero-order valence-electron chi connectivity index (χ0n) is 16.8. The Labute approximate surface area is 168 Å². The normalized spacial score (nSPS) is 17.4. The summed E-state index contributed by atoms with van der Waals surface area (Å²) in [4.78, 5) is 14.5. The van der Waals surface area contributed by atoms with E-state index < -0.39 is 0 Å². The van der Waals surface area contributed by atoms with Gasteiger partial charge in [-0.3, -0.25) is 0 Å². The third-order valence-corrected chi connectivity index (χ3v) is 5.37. The van der Waals surface area contributed by atoms with Crippen molar-refractivity contribution in [3.05, 3.63) is 29.3 Å². The van der Waals surface area contributed by atoms with Crippen LogP contribution < -0.4 is 10.6 Å². The predicted molar refractivity (Wildman–Crippen MR) is 115 cm³/mol. The van der Waals surface area contributed by atoms with Crippen LogP contribution in [0, 0.1) is 6.92 Å². The Morgan fingerprint density at radius 2 is 2.15 bits per heavy atom. The largest absolute Gasteiger partial charge is 0.462 e. The molecule has 1 heterocycles. The highest BCUT2D eigenvalue weighted by Gasteiger charge is 2.19. The molecule has 1 aromatic carbocycles. The van der Waals surface area contributed by atoms with Crippen molar-refractivity contribution in [1.29, 1.82) is 0 Å². The van der Waals surface area contributed by atoms with Crippen LogP contribution >= 0.6 is 12.2 Å². The van der Waals surface area contributed by atoms with E-state index in [9.17, 15) is 4.79 Å². The van der Waals surface area contributed by atoms with E-state index in [1.165, 1.54) is 32.2 Å². The van der Waals surface area contributed by atoms with Crippen LogP contribution in [-0.2, 0) is 4.74 Å². The third kappa shape index (κ3) is 6.78. The first-order valence-corrected chi connectivity index (χ1v) is 10.5. The summed E-state index contributed by atoms with van der Waals surface area (Å²) >= 11 is 5.42. The molecule has 1 aliphatic rings. The molecule has 0 amide bonds. The predicted octanol–water partition coefficient (Wildman–Crippen LogP) is 4.11. The molecule has 1 aromatic rings. The monoisotopic (exact) mass is 391 g/mol. The van der Waals surface area contributed by atoms with E-state index in [4.69, 9.17) is 17.0 Å². The summed E-state index contributed by atoms with van der Waals surface area (Å²) in [6, 6.07) is 6.22.